The summed E-state index contributed by atoms with van der Waals surface area (Å²) in [5.41, 5.74) is 1.28. The summed E-state index contributed by atoms with van der Waals surface area (Å²) < 4.78 is 0. The van der Waals surface area contributed by atoms with E-state index in [1.54, 1.807) is 44.2 Å². The lowest BCUT2D eigenvalue weighted by molar-refractivity contribution is -0.123. The van der Waals surface area contributed by atoms with Crippen LogP contribution in [0.2, 0.25) is 0 Å². The summed E-state index contributed by atoms with van der Waals surface area (Å²) in [4.78, 5) is 35.3. The van der Waals surface area contributed by atoms with Gasteiger partial charge in [-0.2, -0.15) is 0 Å². The van der Waals surface area contributed by atoms with Crippen LogP contribution < -0.4 is 16.0 Å². The maximum atomic E-state index is 12.4. The molecule has 0 radical (unpaired) electrons. The lowest BCUT2D eigenvalue weighted by atomic mass is 10.0. The molecule has 4 N–H and O–H groups in total. The summed E-state index contributed by atoms with van der Waals surface area (Å²) in [5, 5.41) is 16.6. The van der Waals surface area contributed by atoms with Crippen LogP contribution in [0.15, 0.2) is 49.6 Å². The van der Waals surface area contributed by atoms with Crippen molar-refractivity contribution in [2.24, 2.45) is 5.92 Å². The molecule has 1 unspecified atom stereocenters. The first-order valence-corrected chi connectivity index (χ1v) is 8.23. The third kappa shape index (κ3) is 6.08. The number of benzene rings is 1. The summed E-state index contributed by atoms with van der Waals surface area (Å²) in [5.74, 6) is -1.03. The predicted molar refractivity (Wildman–Crippen MR) is 101 cm³/mol. The standard InChI is InChI=1S/C19H25N3O4/c1-5-9-16(22-19(25)26)18(24)20-13(4)14-10-7-8-11-15(14)21-17(23)12(3)6-2/h5-8,10-13,16,22H,1-2,9H2,3-4H3,(H,20,24)(H,21,23)(H,25,26)/t12-,13?,16+/m1/s1. The zero-order valence-corrected chi connectivity index (χ0v) is 15.0. The smallest absolute Gasteiger partial charge is 0.405 e. The van der Waals surface area contributed by atoms with Gasteiger partial charge in [0.05, 0.1) is 12.0 Å². The minimum atomic E-state index is -1.29. The molecule has 7 nitrogen and oxygen atoms in total. The van der Waals surface area contributed by atoms with Crippen molar-refractivity contribution in [1.82, 2.24) is 10.6 Å². The van der Waals surface area contributed by atoms with Crippen LogP contribution in [0.25, 0.3) is 0 Å². The fourth-order valence-electron chi connectivity index (χ4n) is 2.28. The van der Waals surface area contributed by atoms with Gasteiger partial charge in [0.15, 0.2) is 0 Å². The topological polar surface area (TPSA) is 108 Å². The van der Waals surface area contributed by atoms with Crippen molar-refractivity contribution in [3.8, 4) is 0 Å². The van der Waals surface area contributed by atoms with Crippen LogP contribution >= 0.6 is 0 Å². The lowest BCUT2D eigenvalue weighted by Gasteiger charge is -2.22. The molecule has 3 atom stereocenters. The summed E-state index contributed by atoms with van der Waals surface area (Å²) in [6, 6.07) is 5.71. The first-order chi connectivity index (χ1) is 12.3. The SMILES string of the molecule is C=CC[C@H](NC(=O)O)C(=O)NC(C)c1ccccc1NC(=O)[C@H](C)C=C. The van der Waals surface area contributed by atoms with E-state index in [-0.39, 0.29) is 18.2 Å². The average molecular weight is 359 g/mol. The van der Waals surface area contributed by atoms with Crippen molar-refractivity contribution in [3.63, 3.8) is 0 Å². The van der Waals surface area contributed by atoms with Gasteiger partial charge >= 0.3 is 6.09 Å². The molecule has 0 aromatic heterocycles. The summed E-state index contributed by atoms with van der Waals surface area (Å²) in [6.45, 7) is 10.6. The number of carboxylic acid groups (broad SMARTS) is 1. The van der Waals surface area contributed by atoms with E-state index in [2.05, 4.69) is 29.1 Å². The summed E-state index contributed by atoms with van der Waals surface area (Å²) >= 11 is 0. The van der Waals surface area contributed by atoms with Gasteiger partial charge in [-0.15, -0.1) is 13.2 Å². The van der Waals surface area contributed by atoms with Gasteiger partial charge in [0, 0.05) is 5.69 Å². The second-order valence-electron chi connectivity index (χ2n) is 5.86. The normalized spacial score (nSPS) is 13.6. The first-order valence-electron chi connectivity index (χ1n) is 8.23. The second kappa shape index (κ2) is 10.0. The van der Waals surface area contributed by atoms with E-state index in [1.807, 2.05) is 0 Å². The molecule has 0 spiro atoms. The van der Waals surface area contributed by atoms with Gasteiger partial charge in [0.1, 0.15) is 6.04 Å². The minimum absolute atomic E-state index is 0.167. The van der Waals surface area contributed by atoms with Crippen LogP contribution in [0.3, 0.4) is 0 Å². The molecule has 0 heterocycles. The molecule has 0 saturated carbocycles. The Bertz CT molecular complexity index is 687. The van der Waals surface area contributed by atoms with Crippen LogP contribution in [-0.2, 0) is 9.59 Å². The van der Waals surface area contributed by atoms with Gasteiger partial charge < -0.3 is 21.1 Å². The molecule has 0 saturated heterocycles. The van der Waals surface area contributed by atoms with Crippen molar-refractivity contribution in [2.45, 2.75) is 32.4 Å². The van der Waals surface area contributed by atoms with Gasteiger partial charge in [-0.3, -0.25) is 9.59 Å². The Morgan fingerprint density at radius 3 is 2.35 bits per heavy atom. The van der Waals surface area contributed by atoms with E-state index in [9.17, 15) is 14.4 Å². The van der Waals surface area contributed by atoms with Gasteiger partial charge in [-0.05, 0) is 25.0 Å². The number of nitrogens with one attached hydrogen (secondary N) is 3. The zero-order valence-electron chi connectivity index (χ0n) is 15.0. The van der Waals surface area contributed by atoms with E-state index in [4.69, 9.17) is 5.11 Å². The van der Waals surface area contributed by atoms with Gasteiger partial charge in [-0.1, -0.05) is 37.3 Å². The third-order valence-electron chi connectivity index (χ3n) is 3.83. The van der Waals surface area contributed by atoms with E-state index in [1.165, 1.54) is 6.08 Å². The van der Waals surface area contributed by atoms with Gasteiger partial charge in [-0.25, -0.2) is 4.79 Å². The highest BCUT2D eigenvalue weighted by atomic mass is 16.4. The summed E-state index contributed by atoms with van der Waals surface area (Å²) in [6.07, 6.45) is 1.89. The highest BCUT2D eigenvalue weighted by Gasteiger charge is 2.22. The molecule has 1 aromatic rings. The van der Waals surface area contributed by atoms with Crippen molar-refractivity contribution in [2.75, 3.05) is 5.32 Å². The van der Waals surface area contributed by atoms with Crippen molar-refractivity contribution >= 4 is 23.6 Å². The number of rotatable bonds is 9. The number of anilines is 1. The van der Waals surface area contributed by atoms with E-state index >= 15 is 0 Å². The van der Waals surface area contributed by atoms with E-state index in [0.29, 0.717) is 11.3 Å². The molecule has 3 amide bonds. The largest absolute Gasteiger partial charge is 0.465 e. The molecule has 26 heavy (non-hydrogen) atoms. The monoisotopic (exact) mass is 359 g/mol. The van der Waals surface area contributed by atoms with Gasteiger partial charge in [0.2, 0.25) is 11.8 Å². The maximum absolute atomic E-state index is 12.4. The Balaban J connectivity index is 2.92. The van der Waals surface area contributed by atoms with E-state index < -0.39 is 24.1 Å². The Kier molecular flexibility index (Phi) is 8.08. The first kappa shape index (κ1) is 21.0. The molecule has 0 bridgehead atoms. The molecule has 0 aliphatic rings. The molecule has 7 heteroatoms. The van der Waals surface area contributed by atoms with Crippen molar-refractivity contribution < 1.29 is 19.5 Å². The van der Waals surface area contributed by atoms with Crippen LogP contribution in [0.1, 0.15) is 31.9 Å². The molecular formula is C19H25N3O4. The second-order valence-corrected chi connectivity index (χ2v) is 5.86. The lowest BCUT2D eigenvalue weighted by Crippen LogP contribution is -2.46. The Labute approximate surface area is 153 Å². The Morgan fingerprint density at radius 1 is 1.12 bits per heavy atom. The average Bonchev–Trinajstić information content (AvgIpc) is 2.60. The van der Waals surface area contributed by atoms with Crippen LogP contribution in [0.5, 0.6) is 0 Å². The molecule has 1 aromatic carbocycles. The highest BCUT2D eigenvalue weighted by molar-refractivity contribution is 5.94. The van der Waals surface area contributed by atoms with Crippen LogP contribution in [0.4, 0.5) is 10.5 Å². The highest BCUT2D eigenvalue weighted by Crippen LogP contribution is 2.23. The molecule has 0 aliphatic carbocycles. The number of carbonyl (C=O) groups is 3. The summed E-state index contributed by atoms with van der Waals surface area (Å²) in [7, 11) is 0. The minimum Gasteiger partial charge on any atom is -0.465 e. The molecule has 0 fully saturated rings. The fraction of sp³-hybridized carbons (Fsp3) is 0.316. The maximum Gasteiger partial charge on any atom is 0.405 e. The molecule has 0 aliphatic heterocycles. The van der Waals surface area contributed by atoms with E-state index in [0.717, 1.165) is 0 Å². The predicted octanol–water partition coefficient (Wildman–Crippen LogP) is 2.84. The molecule has 140 valence electrons. The van der Waals surface area contributed by atoms with Crippen LogP contribution in [0, 0.1) is 5.92 Å². The number of carbonyl (C=O) groups excluding carboxylic acids is 2. The fourth-order valence-corrected chi connectivity index (χ4v) is 2.28. The van der Waals surface area contributed by atoms with Crippen molar-refractivity contribution in [3.05, 3.63) is 55.1 Å². The number of hydrogen-bond acceptors (Lipinski definition) is 3. The van der Waals surface area contributed by atoms with Crippen molar-refractivity contribution in [1.29, 1.82) is 0 Å². The quantitative estimate of drug-likeness (QED) is 0.509. The Hall–Kier alpha value is -3.09. The molecule has 1 rings (SSSR count). The van der Waals surface area contributed by atoms with Crippen LogP contribution in [-0.4, -0.2) is 29.1 Å². The van der Waals surface area contributed by atoms with Gasteiger partial charge in [0.25, 0.3) is 0 Å². The number of hydrogen-bond donors (Lipinski definition) is 4. The number of para-hydroxylation sites is 1. The number of amides is 3. The third-order valence-corrected chi connectivity index (χ3v) is 3.83. The molecular weight excluding hydrogens is 334 g/mol. The Morgan fingerprint density at radius 2 is 1.77 bits per heavy atom. The zero-order chi connectivity index (χ0) is 19.7.